The lowest BCUT2D eigenvalue weighted by Crippen LogP contribution is -2.48. The number of ether oxygens (including phenoxy) is 1. The van der Waals surface area contributed by atoms with E-state index >= 15 is 0 Å². The van der Waals surface area contributed by atoms with E-state index in [2.05, 4.69) is 50.8 Å². The molecule has 0 unspecified atom stereocenters. The Morgan fingerprint density at radius 3 is 2.68 bits per heavy atom. The van der Waals surface area contributed by atoms with Crippen LogP contribution in [0, 0.1) is 0 Å². The van der Waals surface area contributed by atoms with Crippen molar-refractivity contribution in [3.05, 3.63) is 82.8 Å². The molecule has 0 bridgehead atoms. The van der Waals surface area contributed by atoms with Crippen molar-refractivity contribution in [2.24, 2.45) is 7.05 Å². The number of carboxylic acids is 1. The highest BCUT2D eigenvalue weighted by molar-refractivity contribution is 6.30. The summed E-state index contributed by atoms with van der Waals surface area (Å²) in [5.74, 6) is 0.391. The van der Waals surface area contributed by atoms with Gasteiger partial charge < -0.3 is 19.3 Å². The van der Waals surface area contributed by atoms with Crippen molar-refractivity contribution in [2.45, 2.75) is 19.3 Å². The average Bonchev–Trinajstić information content (AvgIpc) is 3.24. The van der Waals surface area contributed by atoms with Gasteiger partial charge in [0.05, 0.1) is 11.3 Å². The molecule has 9 heteroatoms. The van der Waals surface area contributed by atoms with E-state index in [1.54, 1.807) is 0 Å². The maximum absolute atomic E-state index is 11.9. The molecule has 1 aliphatic heterocycles. The molecule has 4 aromatic rings. The molecule has 198 valence electrons. The second-order valence-electron chi connectivity index (χ2n) is 9.61. The van der Waals surface area contributed by atoms with Crippen LogP contribution in [0.3, 0.4) is 0 Å². The Labute approximate surface area is 227 Å². The van der Waals surface area contributed by atoms with Crippen molar-refractivity contribution in [2.75, 3.05) is 44.2 Å². The summed E-state index contributed by atoms with van der Waals surface area (Å²) in [5, 5.41) is 11.6. The van der Waals surface area contributed by atoms with Crippen LogP contribution in [0.4, 0.5) is 5.95 Å². The standard InChI is InChI=1S/C29H32ClN5O3/c1-33-20-21(24-9-2-3-11-27(24)33)6-4-10-26-25(28(36)37)19-31-29(32-26)35-14-12-34(13-15-35)16-17-38-23-8-5-7-22(30)18-23/h2-3,5,7-9,11,18-20H,4,6,10,12-17H2,1H3,(H,36,37). The number of anilines is 1. The van der Waals surface area contributed by atoms with Gasteiger partial charge in [0, 0.05) is 68.1 Å². The molecule has 8 nitrogen and oxygen atoms in total. The molecule has 3 heterocycles. The minimum atomic E-state index is -0.985. The van der Waals surface area contributed by atoms with Gasteiger partial charge in [0.2, 0.25) is 5.95 Å². The lowest BCUT2D eigenvalue weighted by molar-refractivity contribution is 0.0694. The van der Waals surface area contributed by atoms with Gasteiger partial charge in [-0.25, -0.2) is 14.8 Å². The summed E-state index contributed by atoms with van der Waals surface area (Å²) in [6.45, 7) is 4.68. The lowest BCUT2D eigenvalue weighted by atomic mass is 10.0. The zero-order valence-electron chi connectivity index (χ0n) is 21.5. The quantitative estimate of drug-likeness (QED) is 0.316. The Morgan fingerprint density at radius 2 is 1.89 bits per heavy atom. The number of fused-ring (bicyclic) bond motifs is 1. The van der Waals surface area contributed by atoms with Gasteiger partial charge in [-0.3, -0.25) is 4.90 Å². The first-order valence-corrected chi connectivity index (χ1v) is 13.3. The number of benzene rings is 2. The van der Waals surface area contributed by atoms with E-state index in [9.17, 15) is 9.90 Å². The fourth-order valence-electron chi connectivity index (χ4n) is 5.02. The van der Waals surface area contributed by atoms with Crippen LogP contribution in [0.15, 0.2) is 60.9 Å². The largest absolute Gasteiger partial charge is 0.492 e. The van der Waals surface area contributed by atoms with Crippen LogP contribution in [0.5, 0.6) is 5.75 Å². The summed E-state index contributed by atoms with van der Waals surface area (Å²) in [7, 11) is 2.05. The van der Waals surface area contributed by atoms with E-state index in [-0.39, 0.29) is 5.56 Å². The molecule has 2 aromatic heterocycles. The number of aromatic carboxylic acids is 1. The van der Waals surface area contributed by atoms with E-state index in [4.69, 9.17) is 21.3 Å². The zero-order chi connectivity index (χ0) is 26.5. The van der Waals surface area contributed by atoms with E-state index in [0.29, 0.717) is 29.7 Å². The zero-order valence-corrected chi connectivity index (χ0v) is 22.3. The number of para-hydroxylation sites is 1. The smallest absolute Gasteiger partial charge is 0.339 e. The summed E-state index contributed by atoms with van der Waals surface area (Å²) in [4.78, 5) is 25.5. The third kappa shape index (κ3) is 6.09. The SMILES string of the molecule is Cn1cc(CCCc2nc(N3CCN(CCOc4cccc(Cl)c4)CC3)ncc2C(=O)O)c2ccccc21. The number of carbonyl (C=O) groups is 1. The molecule has 1 fully saturated rings. The molecule has 0 spiro atoms. The van der Waals surface area contributed by atoms with Crippen LogP contribution in [0.1, 0.15) is 28.0 Å². The number of nitrogens with zero attached hydrogens (tertiary/aromatic N) is 5. The van der Waals surface area contributed by atoms with E-state index in [1.165, 1.54) is 22.7 Å². The maximum Gasteiger partial charge on any atom is 0.339 e. The first-order valence-electron chi connectivity index (χ1n) is 13.0. The first-order chi connectivity index (χ1) is 18.5. The van der Waals surface area contributed by atoms with Crippen molar-refractivity contribution >= 4 is 34.4 Å². The van der Waals surface area contributed by atoms with Crippen LogP contribution in [-0.4, -0.2) is 69.8 Å². The molecule has 1 saturated heterocycles. The Kier molecular flexibility index (Phi) is 8.10. The second-order valence-corrected chi connectivity index (χ2v) is 10.0. The van der Waals surface area contributed by atoms with Crippen LogP contribution < -0.4 is 9.64 Å². The fourth-order valence-corrected chi connectivity index (χ4v) is 5.20. The van der Waals surface area contributed by atoms with Crippen LogP contribution in [0.25, 0.3) is 10.9 Å². The van der Waals surface area contributed by atoms with Crippen molar-refractivity contribution in [1.29, 1.82) is 0 Å². The van der Waals surface area contributed by atoms with Crippen molar-refractivity contribution in [1.82, 2.24) is 19.4 Å². The Balaban J connectivity index is 1.17. The summed E-state index contributed by atoms with van der Waals surface area (Å²) in [5.41, 5.74) is 3.25. The predicted molar refractivity (Wildman–Crippen MR) is 150 cm³/mol. The summed E-state index contributed by atoms with van der Waals surface area (Å²) >= 11 is 6.02. The third-order valence-corrected chi connectivity index (χ3v) is 7.29. The number of aromatic nitrogens is 3. The molecule has 0 radical (unpaired) electrons. The number of hydrogen-bond acceptors (Lipinski definition) is 6. The molecule has 0 amide bonds. The molecule has 0 saturated carbocycles. The monoisotopic (exact) mass is 533 g/mol. The molecular weight excluding hydrogens is 502 g/mol. The van der Waals surface area contributed by atoms with Crippen molar-refractivity contribution in [3.63, 3.8) is 0 Å². The van der Waals surface area contributed by atoms with Crippen molar-refractivity contribution in [3.8, 4) is 5.75 Å². The lowest BCUT2D eigenvalue weighted by Gasteiger charge is -2.34. The molecule has 2 aromatic carbocycles. The number of halogens is 1. The third-order valence-electron chi connectivity index (χ3n) is 7.05. The molecule has 0 atom stereocenters. The highest BCUT2D eigenvalue weighted by Crippen LogP contribution is 2.23. The topological polar surface area (TPSA) is 83.7 Å². The van der Waals surface area contributed by atoms with Crippen LogP contribution >= 0.6 is 11.6 Å². The van der Waals surface area contributed by atoms with Crippen LogP contribution in [-0.2, 0) is 19.9 Å². The molecule has 38 heavy (non-hydrogen) atoms. The summed E-state index contributed by atoms with van der Waals surface area (Å²) < 4.78 is 7.96. The minimum absolute atomic E-state index is 0.184. The maximum atomic E-state index is 11.9. The van der Waals surface area contributed by atoms with Gasteiger partial charge in [0.1, 0.15) is 12.4 Å². The second kappa shape index (κ2) is 11.8. The Morgan fingerprint density at radius 1 is 1.08 bits per heavy atom. The molecule has 1 N–H and O–H groups in total. The Hall–Kier alpha value is -3.62. The number of piperazine rings is 1. The average molecular weight is 534 g/mol. The molecule has 0 aliphatic carbocycles. The highest BCUT2D eigenvalue weighted by atomic mass is 35.5. The first kappa shape index (κ1) is 26.0. The molecule has 5 rings (SSSR count). The van der Waals surface area contributed by atoms with E-state index < -0.39 is 5.97 Å². The molecule has 1 aliphatic rings. The number of hydrogen-bond donors (Lipinski definition) is 1. The minimum Gasteiger partial charge on any atom is -0.492 e. The van der Waals surface area contributed by atoms with Gasteiger partial charge in [-0.05, 0) is 49.1 Å². The van der Waals surface area contributed by atoms with Gasteiger partial charge in [-0.15, -0.1) is 0 Å². The van der Waals surface area contributed by atoms with Gasteiger partial charge in [-0.1, -0.05) is 35.9 Å². The number of aryl methyl sites for hydroxylation is 3. The Bertz CT molecular complexity index is 1410. The van der Waals surface area contributed by atoms with Gasteiger partial charge in [-0.2, -0.15) is 0 Å². The van der Waals surface area contributed by atoms with E-state index in [0.717, 1.165) is 51.3 Å². The van der Waals surface area contributed by atoms with Gasteiger partial charge >= 0.3 is 5.97 Å². The highest BCUT2D eigenvalue weighted by Gasteiger charge is 2.21. The summed E-state index contributed by atoms with van der Waals surface area (Å²) in [6.07, 6.45) is 5.87. The van der Waals surface area contributed by atoms with Crippen LogP contribution in [0.2, 0.25) is 5.02 Å². The fraction of sp³-hybridized carbons (Fsp3) is 0.345. The number of carboxylic acid groups (broad SMARTS) is 1. The van der Waals surface area contributed by atoms with Crippen molar-refractivity contribution < 1.29 is 14.6 Å². The van der Waals surface area contributed by atoms with E-state index in [1.807, 2.05) is 30.3 Å². The summed E-state index contributed by atoms with van der Waals surface area (Å²) in [6, 6.07) is 15.8. The normalized spacial score (nSPS) is 14.2. The van der Waals surface area contributed by atoms with Gasteiger partial charge in [0.15, 0.2) is 0 Å². The predicted octanol–water partition coefficient (Wildman–Crippen LogP) is 4.70. The number of rotatable bonds is 10. The molecular formula is C29H32ClN5O3. The van der Waals surface area contributed by atoms with Gasteiger partial charge in [0.25, 0.3) is 0 Å².